The first-order valence-electron chi connectivity index (χ1n) is 8.33. The molecular formula is C17H22F2N2O3. The maximum atomic E-state index is 14.0. The largest absolute Gasteiger partial charge is 0.465 e. The average molecular weight is 340 g/mol. The van der Waals surface area contributed by atoms with Crippen molar-refractivity contribution in [3.05, 3.63) is 29.8 Å². The molecule has 5 nitrogen and oxygen atoms in total. The number of halogens is 2. The Morgan fingerprint density at radius 3 is 2.71 bits per heavy atom. The summed E-state index contributed by atoms with van der Waals surface area (Å²) < 4.78 is 27.2. The number of aliphatic hydroxyl groups is 1. The van der Waals surface area contributed by atoms with E-state index in [1.807, 2.05) is 4.90 Å². The monoisotopic (exact) mass is 340 g/mol. The van der Waals surface area contributed by atoms with Crippen molar-refractivity contribution in [2.75, 3.05) is 24.5 Å². The summed E-state index contributed by atoms with van der Waals surface area (Å²) in [5, 5.41) is 19.3. The normalized spacial score (nSPS) is 28.0. The van der Waals surface area contributed by atoms with Crippen LogP contribution in [0.5, 0.6) is 0 Å². The van der Waals surface area contributed by atoms with Crippen LogP contribution >= 0.6 is 0 Å². The predicted molar refractivity (Wildman–Crippen MR) is 85.1 cm³/mol. The molecule has 2 saturated heterocycles. The van der Waals surface area contributed by atoms with Crippen molar-refractivity contribution in [1.29, 1.82) is 0 Å². The lowest BCUT2D eigenvalue weighted by atomic mass is 9.83. The highest BCUT2D eigenvalue weighted by Crippen LogP contribution is 2.32. The number of nitrogens with zero attached hydrogens (tertiary/aromatic N) is 2. The van der Waals surface area contributed by atoms with Gasteiger partial charge in [-0.25, -0.2) is 13.6 Å². The smallest absolute Gasteiger partial charge is 0.407 e. The van der Waals surface area contributed by atoms with Gasteiger partial charge in [-0.1, -0.05) is 0 Å². The molecule has 0 saturated carbocycles. The van der Waals surface area contributed by atoms with Gasteiger partial charge >= 0.3 is 6.09 Å². The average Bonchev–Trinajstić information content (AvgIpc) is 2.54. The molecule has 24 heavy (non-hydrogen) atoms. The van der Waals surface area contributed by atoms with Crippen molar-refractivity contribution in [1.82, 2.24) is 4.90 Å². The van der Waals surface area contributed by atoms with Crippen molar-refractivity contribution in [2.24, 2.45) is 5.92 Å². The summed E-state index contributed by atoms with van der Waals surface area (Å²) in [6.07, 6.45) is 1.03. The van der Waals surface area contributed by atoms with E-state index in [4.69, 9.17) is 0 Å². The summed E-state index contributed by atoms with van der Waals surface area (Å²) in [5.41, 5.74) is 0.347. The predicted octanol–water partition coefficient (Wildman–Crippen LogP) is 2.68. The molecule has 3 unspecified atom stereocenters. The number of likely N-dealkylation sites (tertiary alicyclic amines) is 1. The van der Waals surface area contributed by atoms with Crippen molar-refractivity contribution in [3.63, 3.8) is 0 Å². The summed E-state index contributed by atoms with van der Waals surface area (Å²) in [4.78, 5) is 14.7. The molecule has 2 fully saturated rings. The van der Waals surface area contributed by atoms with Gasteiger partial charge in [0.25, 0.3) is 0 Å². The Morgan fingerprint density at radius 1 is 1.21 bits per heavy atom. The number of hydrogen-bond acceptors (Lipinski definition) is 3. The van der Waals surface area contributed by atoms with Crippen molar-refractivity contribution in [3.8, 4) is 0 Å². The number of carboxylic acid groups (broad SMARTS) is 1. The molecule has 2 aliphatic heterocycles. The van der Waals surface area contributed by atoms with Gasteiger partial charge in [0.2, 0.25) is 0 Å². The molecule has 7 heteroatoms. The molecule has 0 radical (unpaired) electrons. The highest BCUT2D eigenvalue weighted by atomic mass is 19.1. The van der Waals surface area contributed by atoms with Gasteiger partial charge in [-0.3, -0.25) is 0 Å². The minimum absolute atomic E-state index is 0.0225. The number of carbonyl (C=O) groups is 1. The van der Waals surface area contributed by atoms with Gasteiger partial charge in [-0.05, 0) is 43.7 Å². The topological polar surface area (TPSA) is 64.0 Å². The maximum absolute atomic E-state index is 14.0. The van der Waals surface area contributed by atoms with E-state index < -0.39 is 23.8 Å². The van der Waals surface area contributed by atoms with E-state index in [1.54, 1.807) is 0 Å². The van der Waals surface area contributed by atoms with Crippen LogP contribution in [0.25, 0.3) is 0 Å². The van der Waals surface area contributed by atoms with E-state index in [0.29, 0.717) is 38.2 Å². The molecule has 1 aromatic rings. The van der Waals surface area contributed by atoms with E-state index in [9.17, 15) is 23.8 Å². The number of benzene rings is 1. The fraction of sp³-hybridized carbons (Fsp3) is 0.588. The van der Waals surface area contributed by atoms with Crippen LogP contribution in [0, 0.1) is 17.6 Å². The van der Waals surface area contributed by atoms with E-state index in [2.05, 4.69) is 0 Å². The van der Waals surface area contributed by atoms with E-state index >= 15 is 0 Å². The Balaban J connectivity index is 1.77. The minimum atomic E-state index is -0.975. The number of hydrogen-bond donors (Lipinski definition) is 2. The summed E-state index contributed by atoms with van der Waals surface area (Å²) in [6.45, 7) is 1.48. The molecule has 2 aliphatic rings. The van der Waals surface area contributed by atoms with Gasteiger partial charge in [0.05, 0.1) is 11.8 Å². The van der Waals surface area contributed by atoms with E-state index in [-0.39, 0.29) is 12.0 Å². The summed E-state index contributed by atoms with van der Waals surface area (Å²) in [6, 6.07) is 3.26. The molecular weight excluding hydrogens is 318 g/mol. The molecule has 2 N–H and O–H groups in total. The van der Waals surface area contributed by atoms with Crippen LogP contribution in [0.3, 0.4) is 0 Å². The molecule has 3 rings (SSSR count). The zero-order valence-electron chi connectivity index (χ0n) is 13.4. The van der Waals surface area contributed by atoms with Crippen LogP contribution < -0.4 is 4.90 Å². The first kappa shape index (κ1) is 17.0. The van der Waals surface area contributed by atoms with Crippen LogP contribution in [0.1, 0.15) is 25.7 Å². The molecule has 1 aromatic carbocycles. The first-order valence-corrected chi connectivity index (χ1v) is 8.33. The molecule has 132 valence electrons. The molecule has 0 spiro atoms. The highest BCUT2D eigenvalue weighted by molar-refractivity contribution is 5.65. The zero-order chi connectivity index (χ0) is 17.3. The Kier molecular flexibility index (Phi) is 4.89. The molecule has 0 aromatic heterocycles. The first-order chi connectivity index (χ1) is 11.5. The standard InChI is InChI=1S/C17H22F2N2O3/c18-12-3-4-15(14(19)8-12)20-6-1-2-11(10-20)16-9-13(22)5-7-21(16)17(23)24/h3-4,8,11,13,16,22H,1-2,5-7,9-10H2,(H,23,24). The van der Waals surface area contributed by atoms with Crippen LogP contribution in [-0.2, 0) is 0 Å². The van der Waals surface area contributed by atoms with Gasteiger partial charge in [0.15, 0.2) is 0 Å². The number of rotatable bonds is 2. The van der Waals surface area contributed by atoms with Crippen LogP contribution in [0.2, 0.25) is 0 Å². The number of piperidine rings is 2. The Labute approximate surface area is 139 Å². The Hall–Kier alpha value is -1.89. The lowest BCUT2D eigenvalue weighted by Gasteiger charge is -2.44. The third kappa shape index (κ3) is 3.45. The molecule has 2 heterocycles. The Bertz CT molecular complexity index is 613. The maximum Gasteiger partial charge on any atom is 0.407 e. The number of aliphatic hydroxyl groups excluding tert-OH is 1. The van der Waals surface area contributed by atoms with Gasteiger partial charge in [-0.2, -0.15) is 0 Å². The second-order valence-electron chi connectivity index (χ2n) is 6.67. The quantitative estimate of drug-likeness (QED) is 0.869. The summed E-state index contributed by atoms with van der Waals surface area (Å²) in [5.74, 6) is -1.19. The zero-order valence-corrected chi connectivity index (χ0v) is 13.4. The fourth-order valence-electron chi connectivity index (χ4n) is 3.94. The van der Waals surface area contributed by atoms with Gasteiger partial charge in [0, 0.05) is 31.7 Å². The molecule has 0 aliphatic carbocycles. The van der Waals surface area contributed by atoms with E-state index in [1.165, 1.54) is 17.0 Å². The van der Waals surface area contributed by atoms with E-state index in [0.717, 1.165) is 18.9 Å². The second-order valence-corrected chi connectivity index (χ2v) is 6.67. The summed E-state index contributed by atoms with van der Waals surface area (Å²) >= 11 is 0. The highest BCUT2D eigenvalue weighted by Gasteiger charge is 2.38. The van der Waals surface area contributed by atoms with Crippen LogP contribution in [0.15, 0.2) is 18.2 Å². The lowest BCUT2D eigenvalue weighted by molar-refractivity contribution is 0.0193. The SMILES string of the molecule is O=C(O)N1CCC(O)CC1C1CCCN(c2ccc(F)cc2F)C1. The Morgan fingerprint density at radius 2 is 2.00 bits per heavy atom. The molecule has 0 bridgehead atoms. The number of anilines is 1. The third-order valence-corrected chi connectivity index (χ3v) is 5.12. The minimum Gasteiger partial charge on any atom is -0.465 e. The second kappa shape index (κ2) is 6.93. The van der Waals surface area contributed by atoms with Gasteiger partial charge in [-0.15, -0.1) is 0 Å². The lowest BCUT2D eigenvalue weighted by Crippen LogP contribution is -2.54. The molecule has 3 atom stereocenters. The number of amides is 1. The third-order valence-electron chi connectivity index (χ3n) is 5.12. The molecule has 1 amide bonds. The van der Waals surface area contributed by atoms with Crippen LogP contribution in [-0.4, -0.2) is 53.0 Å². The van der Waals surface area contributed by atoms with Crippen molar-refractivity contribution in [2.45, 2.75) is 37.8 Å². The van der Waals surface area contributed by atoms with Gasteiger partial charge in [0.1, 0.15) is 11.6 Å². The summed E-state index contributed by atoms with van der Waals surface area (Å²) in [7, 11) is 0. The van der Waals surface area contributed by atoms with Crippen LogP contribution in [0.4, 0.5) is 19.3 Å². The van der Waals surface area contributed by atoms with Crippen molar-refractivity contribution >= 4 is 11.8 Å². The van der Waals surface area contributed by atoms with Crippen molar-refractivity contribution < 1.29 is 23.8 Å². The fourth-order valence-corrected chi connectivity index (χ4v) is 3.94. The van der Waals surface area contributed by atoms with Gasteiger partial charge < -0.3 is 20.0 Å².